The summed E-state index contributed by atoms with van der Waals surface area (Å²) < 4.78 is 13.3. The molecule has 0 radical (unpaired) electrons. The van der Waals surface area contributed by atoms with Crippen molar-refractivity contribution in [2.45, 2.75) is 6.92 Å². The molecule has 0 heterocycles. The van der Waals surface area contributed by atoms with Gasteiger partial charge in [-0.15, -0.1) is 0 Å². The van der Waals surface area contributed by atoms with Gasteiger partial charge in [0.05, 0.1) is 4.92 Å². The Balaban J connectivity index is 3.41. The van der Waals surface area contributed by atoms with Crippen molar-refractivity contribution in [3.8, 4) is 0 Å². The number of halogens is 1. The largest absolute Gasteiger partial charge is 0.491 e. The molecule has 0 saturated heterocycles. The molecule has 0 aliphatic heterocycles. The molecule has 1 aromatic rings. The van der Waals surface area contributed by atoms with E-state index in [-0.39, 0.29) is 5.56 Å². The molecule has 0 fully saturated rings. The second kappa shape index (κ2) is 3.73. The van der Waals surface area contributed by atoms with Gasteiger partial charge in [0.25, 0.3) is 0 Å². The highest BCUT2D eigenvalue weighted by Gasteiger charge is 2.26. The smallest absolute Gasteiger partial charge is 0.423 e. The zero-order valence-electron chi connectivity index (χ0n) is 7.27. The maximum atomic E-state index is 13.3. The summed E-state index contributed by atoms with van der Waals surface area (Å²) >= 11 is 0. The molecule has 2 N–H and O–H groups in total. The molecular formula is C7H7BFNO4. The van der Waals surface area contributed by atoms with Crippen molar-refractivity contribution in [2.75, 3.05) is 0 Å². The summed E-state index contributed by atoms with van der Waals surface area (Å²) in [6, 6.07) is 2.36. The van der Waals surface area contributed by atoms with Crippen molar-refractivity contribution < 1.29 is 19.4 Å². The predicted molar refractivity (Wildman–Crippen MR) is 47.6 cm³/mol. The Bertz CT molecular complexity index is 382. The first-order valence-corrected chi connectivity index (χ1v) is 3.74. The van der Waals surface area contributed by atoms with Gasteiger partial charge in [0.15, 0.2) is 0 Å². The Hall–Kier alpha value is -1.47. The van der Waals surface area contributed by atoms with E-state index in [9.17, 15) is 14.5 Å². The van der Waals surface area contributed by atoms with Gasteiger partial charge < -0.3 is 10.0 Å². The lowest BCUT2D eigenvalue weighted by Crippen LogP contribution is -2.33. The van der Waals surface area contributed by atoms with Crippen LogP contribution in [0.15, 0.2) is 12.1 Å². The molecule has 5 nitrogen and oxygen atoms in total. The van der Waals surface area contributed by atoms with Crippen LogP contribution in [0.1, 0.15) is 5.56 Å². The summed E-state index contributed by atoms with van der Waals surface area (Å²) in [5, 5.41) is 27.8. The number of benzene rings is 1. The summed E-state index contributed by atoms with van der Waals surface area (Å²) in [4.78, 5) is 9.53. The summed E-state index contributed by atoms with van der Waals surface area (Å²) in [5.74, 6) is -1.20. The van der Waals surface area contributed by atoms with Crippen molar-refractivity contribution in [2.24, 2.45) is 0 Å². The fourth-order valence-corrected chi connectivity index (χ4v) is 1.10. The van der Waals surface area contributed by atoms with E-state index >= 15 is 0 Å². The third-order valence-corrected chi connectivity index (χ3v) is 1.81. The number of rotatable bonds is 2. The summed E-state index contributed by atoms with van der Waals surface area (Å²) in [5.41, 5.74) is -1.09. The van der Waals surface area contributed by atoms with Crippen LogP contribution in [0.25, 0.3) is 0 Å². The van der Waals surface area contributed by atoms with Crippen molar-refractivity contribution in [1.82, 2.24) is 0 Å². The Morgan fingerprint density at radius 3 is 2.50 bits per heavy atom. The maximum Gasteiger partial charge on any atom is 0.491 e. The second-order valence-electron chi connectivity index (χ2n) is 2.77. The van der Waals surface area contributed by atoms with Crippen LogP contribution in [-0.4, -0.2) is 22.1 Å². The fourth-order valence-electron chi connectivity index (χ4n) is 1.10. The molecule has 0 unspecified atom stereocenters. The number of nitro benzene ring substituents is 1. The molecule has 0 aromatic heterocycles. The Morgan fingerprint density at radius 1 is 1.50 bits per heavy atom. The normalized spacial score (nSPS) is 10.0. The van der Waals surface area contributed by atoms with E-state index in [2.05, 4.69) is 0 Å². The molecule has 0 atom stereocenters. The average Bonchev–Trinajstić information content (AvgIpc) is 2.02. The third kappa shape index (κ3) is 1.73. The van der Waals surface area contributed by atoms with Crippen molar-refractivity contribution in [3.05, 3.63) is 33.6 Å². The van der Waals surface area contributed by atoms with E-state index in [1.54, 1.807) is 0 Å². The number of hydrogen-bond donors (Lipinski definition) is 2. The number of nitro groups is 1. The molecule has 7 heteroatoms. The minimum atomic E-state index is -2.05. The van der Waals surface area contributed by atoms with Crippen molar-refractivity contribution in [1.29, 1.82) is 0 Å². The number of nitrogens with zero attached hydrogens (tertiary/aromatic N) is 1. The first-order chi connectivity index (χ1) is 6.45. The Morgan fingerprint density at radius 2 is 2.07 bits per heavy atom. The first-order valence-electron chi connectivity index (χ1n) is 3.74. The molecule has 1 rings (SSSR count). The average molecular weight is 199 g/mol. The van der Waals surface area contributed by atoms with Crippen LogP contribution in [0.4, 0.5) is 10.1 Å². The zero-order valence-corrected chi connectivity index (χ0v) is 7.27. The highest BCUT2D eigenvalue weighted by Crippen LogP contribution is 2.19. The van der Waals surface area contributed by atoms with Crippen molar-refractivity contribution >= 4 is 18.3 Å². The lowest BCUT2D eigenvalue weighted by Gasteiger charge is -2.03. The monoisotopic (exact) mass is 199 g/mol. The van der Waals surface area contributed by atoms with Crippen LogP contribution in [0, 0.1) is 22.9 Å². The standard InChI is InChI=1S/C7H7BFNO4/c1-4-2-3-5(8(11)12)6(9)7(4)10(13)14/h2-3,11-12H,1H3. The lowest BCUT2D eigenvalue weighted by molar-refractivity contribution is -0.388. The molecule has 0 amide bonds. The summed E-state index contributed by atoms with van der Waals surface area (Å²) in [7, 11) is -2.05. The summed E-state index contributed by atoms with van der Waals surface area (Å²) in [6.45, 7) is 1.37. The minimum Gasteiger partial charge on any atom is -0.423 e. The molecule has 0 bridgehead atoms. The van der Waals surface area contributed by atoms with E-state index in [0.29, 0.717) is 0 Å². The molecule has 74 valence electrons. The van der Waals surface area contributed by atoms with Crippen molar-refractivity contribution in [3.63, 3.8) is 0 Å². The maximum absolute atomic E-state index is 13.3. The third-order valence-electron chi connectivity index (χ3n) is 1.81. The fraction of sp³-hybridized carbons (Fsp3) is 0.143. The molecule has 1 aromatic carbocycles. The van der Waals surface area contributed by atoms with Gasteiger partial charge in [-0.05, 0) is 6.92 Å². The van der Waals surface area contributed by atoms with Crippen LogP contribution >= 0.6 is 0 Å². The Kier molecular flexibility index (Phi) is 2.83. The quantitative estimate of drug-likeness (QED) is 0.389. The van der Waals surface area contributed by atoms with Gasteiger partial charge in [-0.25, -0.2) is 0 Å². The van der Waals surface area contributed by atoms with Crippen LogP contribution in [0.5, 0.6) is 0 Å². The molecule has 14 heavy (non-hydrogen) atoms. The SMILES string of the molecule is Cc1ccc(B(O)O)c(F)c1[N+](=O)[O-]. The van der Waals surface area contributed by atoms with Crippen LogP contribution in [0.3, 0.4) is 0 Å². The van der Waals surface area contributed by atoms with E-state index in [1.165, 1.54) is 13.0 Å². The highest BCUT2D eigenvalue weighted by molar-refractivity contribution is 6.58. The first kappa shape index (κ1) is 10.6. The van der Waals surface area contributed by atoms with Gasteiger partial charge in [-0.3, -0.25) is 10.1 Å². The van der Waals surface area contributed by atoms with Gasteiger partial charge >= 0.3 is 12.8 Å². The van der Waals surface area contributed by atoms with Crippen LogP contribution in [0.2, 0.25) is 0 Å². The molecule has 0 saturated carbocycles. The molecule has 0 aliphatic carbocycles. The van der Waals surface area contributed by atoms with E-state index in [4.69, 9.17) is 10.0 Å². The molecule has 0 spiro atoms. The van der Waals surface area contributed by atoms with Gasteiger partial charge in [-0.1, -0.05) is 12.1 Å². The van der Waals surface area contributed by atoms with Gasteiger partial charge in [0.2, 0.25) is 5.82 Å². The van der Waals surface area contributed by atoms with E-state index < -0.39 is 29.0 Å². The van der Waals surface area contributed by atoms with Gasteiger partial charge in [0, 0.05) is 11.0 Å². The summed E-state index contributed by atoms with van der Waals surface area (Å²) in [6.07, 6.45) is 0. The second-order valence-corrected chi connectivity index (χ2v) is 2.77. The Labute approximate surface area is 79.1 Å². The van der Waals surface area contributed by atoms with E-state index in [1.807, 2.05) is 0 Å². The topological polar surface area (TPSA) is 83.6 Å². The number of hydrogen-bond acceptors (Lipinski definition) is 4. The predicted octanol–water partition coefficient (Wildman–Crippen LogP) is -0.278. The minimum absolute atomic E-state index is 0.136. The molecular weight excluding hydrogens is 192 g/mol. The van der Waals surface area contributed by atoms with Gasteiger partial charge in [0.1, 0.15) is 0 Å². The molecule has 0 aliphatic rings. The van der Waals surface area contributed by atoms with E-state index in [0.717, 1.165) is 6.07 Å². The van der Waals surface area contributed by atoms with Crippen LogP contribution in [-0.2, 0) is 0 Å². The lowest BCUT2D eigenvalue weighted by atomic mass is 9.79. The highest BCUT2D eigenvalue weighted by atomic mass is 19.1. The number of aryl methyl sites for hydroxylation is 1. The van der Waals surface area contributed by atoms with Crippen LogP contribution < -0.4 is 5.46 Å². The zero-order chi connectivity index (χ0) is 10.9. The van der Waals surface area contributed by atoms with Gasteiger partial charge in [-0.2, -0.15) is 4.39 Å².